The second-order valence-corrected chi connectivity index (χ2v) is 5.92. The van der Waals surface area contributed by atoms with Crippen molar-refractivity contribution in [2.45, 2.75) is 39.2 Å². The molecule has 1 heterocycles. The van der Waals surface area contributed by atoms with Crippen LogP contribution in [0.25, 0.3) is 0 Å². The van der Waals surface area contributed by atoms with Crippen LogP contribution in [0.15, 0.2) is 24.3 Å². The lowest BCUT2D eigenvalue weighted by atomic mass is 9.99. The van der Waals surface area contributed by atoms with Crippen molar-refractivity contribution in [1.82, 2.24) is 5.32 Å². The average Bonchev–Trinajstić information content (AvgIpc) is 2.50. The molecule has 1 atom stereocenters. The number of amides is 2. The van der Waals surface area contributed by atoms with Crippen LogP contribution < -0.4 is 15.4 Å². The van der Waals surface area contributed by atoms with Crippen LogP contribution in [0, 0.1) is 5.92 Å². The normalized spacial score (nSPS) is 18.0. The molecule has 2 N–H and O–H groups in total. The van der Waals surface area contributed by atoms with Gasteiger partial charge in [0.05, 0.1) is 11.8 Å². The fourth-order valence-corrected chi connectivity index (χ4v) is 2.52. The van der Waals surface area contributed by atoms with Crippen LogP contribution >= 0.6 is 0 Å². The molecule has 1 aliphatic rings. The summed E-state index contributed by atoms with van der Waals surface area (Å²) in [7, 11) is 0. The summed E-state index contributed by atoms with van der Waals surface area (Å²) in [6.07, 6.45) is 3.33. The zero-order valence-electron chi connectivity index (χ0n) is 13.4. The Labute approximate surface area is 132 Å². The number of ether oxygens (including phenoxy) is 2. The third kappa shape index (κ3) is 5.56. The number of hydrogen-bond acceptors (Lipinski definition) is 3. The molecular formula is C17H26N2O3. The van der Waals surface area contributed by atoms with E-state index in [2.05, 4.69) is 10.6 Å². The number of para-hydroxylation sites is 2. The summed E-state index contributed by atoms with van der Waals surface area (Å²) in [5, 5.41) is 5.75. The van der Waals surface area contributed by atoms with E-state index in [1.54, 1.807) is 0 Å². The Morgan fingerprint density at radius 2 is 2.23 bits per heavy atom. The molecule has 1 saturated heterocycles. The number of hydrogen-bond donors (Lipinski definition) is 2. The molecule has 0 unspecified atom stereocenters. The summed E-state index contributed by atoms with van der Waals surface area (Å²) in [5.41, 5.74) is 0.690. The number of nitrogens with one attached hydrogen (secondary N) is 2. The van der Waals surface area contributed by atoms with E-state index < -0.39 is 0 Å². The summed E-state index contributed by atoms with van der Waals surface area (Å²) in [6.45, 7) is 6.27. The molecule has 0 spiro atoms. The van der Waals surface area contributed by atoms with Crippen LogP contribution in [0.1, 0.15) is 33.1 Å². The zero-order valence-corrected chi connectivity index (χ0v) is 13.4. The second kappa shape index (κ2) is 8.63. The molecule has 1 aromatic carbocycles. The lowest BCUT2D eigenvalue weighted by Crippen LogP contribution is -2.32. The maximum Gasteiger partial charge on any atom is 0.319 e. The topological polar surface area (TPSA) is 59.6 Å². The summed E-state index contributed by atoms with van der Waals surface area (Å²) in [4.78, 5) is 12.0. The zero-order chi connectivity index (χ0) is 15.8. The molecule has 122 valence electrons. The first kappa shape index (κ1) is 16.6. The lowest BCUT2D eigenvalue weighted by molar-refractivity contribution is 0.0520. The number of carbonyl (C=O) groups is 1. The molecule has 5 nitrogen and oxygen atoms in total. The Hall–Kier alpha value is -1.75. The van der Waals surface area contributed by atoms with Crippen molar-refractivity contribution in [3.8, 4) is 5.75 Å². The first-order valence-corrected chi connectivity index (χ1v) is 8.03. The molecule has 0 aliphatic carbocycles. The Kier molecular flexibility index (Phi) is 6.52. The fraction of sp³-hybridized carbons (Fsp3) is 0.588. The summed E-state index contributed by atoms with van der Waals surface area (Å²) < 4.78 is 11.1. The molecule has 1 aliphatic heterocycles. The van der Waals surface area contributed by atoms with Gasteiger partial charge in [0.2, 0.25) is 0 Å². The van der Waals surface area contributed by atoms with Gasteiger partial charge in [-0.1, -0.05) is 12.1 Å². The van der Waals surface area contributed by atoms with Crippen LogP contribution in [0.4, 0.5) is 10.5 Å². The standard InChI is InChI=1S/C17H26N2O3/c1-13(2)22-16-8-4-3-7-15(16)19-17(20)18-10-9-14-6-5-11-21-12-14/h3-4,7-8,13-14H,5-6,9-12H2,1-2H3,(H2,18,19,20)/t14-/m0/s1. The van der Waals surface area contributed by atoms with Crippen molar-refractivity contribution < 1.29 is 14.3 Å². The Bertz CT molecular complexity index is 471. The fourth-order valence-electron chi connectivity index (χ4n) is 2.52. The Morgan fingerprint density at radius 3 is 2.95 bits per heavy atom. The van der Waals surface area contributed by atoms with Gasteiger partial charge in [-0.3, -0.25) is 0 Å². The number of carbonyl (C=O) groups excluding carboxylic acids is 1. The van der Waals surface area contributed by atoms with Crippen molar-refractivity contribution in [3.63, 3.8) is 0 Å². The molecule has 0 saturated carbocycles. The third-order valence-corrected chi connectivity index (χ3v) is 3.59. The number of rotatable bonds is 6. The average molecular weight is 306 g/mol. The van der Waals surface area contributed by atoms with Gasteiger partial charge in [0.1, 0.15) is 5.75 Å². The van der Waals surface area contributed by atoms with E-state index in [0.717, 1.165) is 26.1 Å². The minimum Gasteiger partial charge on any atom is -0.489 e. The van der Waals surface area contributed by atoms with Crippen LogP contribution in [-0.2, 0) is 4.74 Å². The maximum atomic E-state index is 12.0. The molecule has 0 radical (unpaired) electrons. The Balaban J connectivity index is 1.76. The summed E-state index contributed by atoms with van der Waals surface area (Å²) >= 11 is 0. The highest BCUT2D eigenvalue weighted by molar-refractivity contribution is 5.90. The highest BCUT2D eigenvalue weighted by atomic mass is 16.5. The molecule has 1 aromatic rings. The highest BCUT2D eigenvalue weighted by Gasteiger charge is 2.14. The SMILES string of the molecule is CC(C)Oc1ccccc1NC(=O)NCC[C@@H]1CCCOC1. The van der Waals surface area contributed by atoms with E-state index in [4.69, 9.17) is 9.47 Å². The molecule has 22 heavy (non-hydrogen) atoms. The van der Waals surface area contributed by atoms with Crippen molar-refractivity contribution in [1.29, 1.82) is 0 Å². The van der Waals surface area contributed by atoms with E-state index in [-0.39, 0.29) is 12.1 Å². The number of benzene rings is 1. The molecule has 1 fully saturated rings. The lowest BCUT2D eigenvalue weighted by Gasteiger charge is -2.22. The van der Waals surface area contributed by atoms with Gasteiger partial charge in [-0.2, -0.15) is 0 Å². The van der Waals surface area contributed by atoms with Crippen LogP contribution in [0.3, 0.4) is 0 Å². The molecule has 2 amide bonds. The summed E-state index contributed by atoms with van der Waals surface area (Å²) in [5.74, 6) is 1.25. The van der Waals surface area contributed by atoms with Gasteiger partial charge in [0, 0.05) is 19.8 Å². The van der Waals surface area contributed by atoms with E-state index in [1.165, 1.54) is 6.42 Å². The maximum absolute atomic E-state index is 12.0. The first-order chi connectivity index (χ1) is 10.6. The predicted molar refractivity (Wildman–Crippen MR) is 87.4 cm³/mol. The van der Waals surface area contributed by atoms with Gasteiger partial charge in [0.15, 0.2) is 0 Å². The van der Waals surface area contributed by atoms with E-state index in [0.29, 0.717) is 23.9 Å². The van der Waals surface area contributed by atoms with Crippen molar-refractivity contribution in [2.24, 2.45) is 5.92 Å². The highest BCUT2D eigenvalue weighted by Crippen LogP contribution is 2.24. The summed E-state index contributed by atoms with van der Waals surface area (Å²) in [6, 6.07) is 7.27. The molecule has 0 bridgehead atoms. The van der Waals surface area contributed by atoms with Gasteiger partial charge in [-0.15, -0.1) is 0 Å². The van der Waals surface area contributed by atoms with Crippen molar-refractivity contribution >= 4 is 11.7 Å². The largest absolute Gasteiger partial charge is 0.489 e. The quantitative estimate of drug-likeness (QED) is 0.846. The van der Waals surface area contributed by atoms with Crippen LogP contribution in [-0.4, -0.2) is 31.9 Å². The van der Waals surface area contributed by atoms with Crippen LogP contribution in [0.5, 0.6) is 5.75 Å². The van der Waals surface area contributed by atoms with Gasteiger partial charge in [-0.05, 0) is 51.2 Å². The Morgan fingerprint density at radius 1 is 1.41 bits per heavy atom. The first-order valence-electron chi connectivity index (χ1n) is 8.03. The van der Waals surface area contributed by atoms with Gasteiger partial charge in [0.25, 0.3) is 0 Å². The molecular weight excluding hydrogens is 280 g/mol. The van der Waals surface area contributed by atoms with Crippen molar-refractivity contribution in [3.05, 3.63) is 24.3 Å². The van der Waals surface area contributed by atoms with Gasteiger partial charge in [-0.25, -0.2) is 4.79 Å². The van der Waals surface area contributed by atoms with Gasteiger partial charge < -0.3 is 20.1 Å². The van der Waals surface area contributed by atoms with E-state index in [9.17, 15) is 4.79 Å². The minimum absolute atomic E-state index is 0.0670. The monoisotopic (exact) mass is 306 g/mol. The molecule has 2 rings (SSSR count). The minimum atomic E-state index is -0.198. The number of urea groups is 1. The predicted octanol–water partition coefficient (Wildman–Crippen LogP) is 3.41. The number of anilines is 1. The molecule has 0 aromatic heterocycles. The smallest absolute Gasteiger partial charge is 0.319 e. The second-order valence-electron chi connectivity index (χ2n) is 5.92. The van der Waals surface area contributed by atoms with E-state index in [1.807, 2.05) is 38.1 Å². The van der Waals surface area contributed by atoms with Crippen LogP contribution in [0.2, 0.25) is 0 Å². The van der Waals surface area contributed by atoms with Crippen molar-refractivity contribution in [2.75, 3.05) is 25.1 Å². The third-order valence-electron chi connectivity index (χ3n) is 3.59. The molecule has 5 heteroatoms. The van der Waals surface area contributed by atoms with E-state index >= 15 is 0 Å². The van der Waals surface area contributed by atoms with Gasteiger partial charge >= 0.3 is 6.03 Å².